The van der Waals surface area contributed by atoms with E-state index in [0.29, 0.717) is 5.41 Å². The Hall–Kier alpha value is 0.534. The number of methoxy groups -OCH3 is 1. The smallest absolute Gasteiger partial charge is 0.311 e. The van der Waals surface area contributed by atoms with E-state index in [1.807, 2.05) is 0 Å². The minimum Gasteiger partial charge on any atom is -0.569 e. The Morgan fingerprint density at radius 3 is 1.88 bits per heavy atom. The Kier molecular flexibility index (Phi) is 7.43. The third-order valence-corrected chi connectivity index (χ3v) is 4.55. The molecule has 0 saturated heterocycles. The van der Waals surface area contributed by atoms with Crippen molar-refractivity contribution >= 4 is 5.97 Å². The molecule has 97 valence electrons. The number of fused-ring (bicyclic) bond motifs is 3. The van der Waals surface area contributed by atoms with Crippen molar-refractivity contribution in [3.8, 4) is 0 Å². The van der Waals surface area contributed by atoms with Crippen LogP contribution in [0.25, 0.3) is 0 Å². The fourth-order valence-electron chi connectivity index (χ4n) is 3.16. The summed E-state index contributed by atoms with van der Waals surface area (Å²) in [5.74, 6) is 0.0230. The minimum atomic E-state index is -0.119. The second kappa shape index (κ2) is 7.20. The molecular weight excluding hydrogens is 293 g/mol. The van der Waals surface area contributed by atoms with Gasteiger partial charge in [-0.1, -0.05) is 5.41 Å². The molecule has 3 saturated carbocycles. The number of aliphatic hydroxyl groups excluding tert-OH is 1. The van der Waals surface area contributed by atoms with Crippen LogP contribution in [0, 0.1) is 24.9 Å². The molecule has 1 radical (unpaired) electrons. The summed E-state index contributed by atoms with van der Waals surface area (Å²) in [7, 11) is 3.76. The van der Waals surface area contributed by atoms with Gasteiger partial charge in [0.1, 0.15) is 0 Å². The molecule has 0 unspecified atom stereocenters. The van der Waals surface area contributed by atoms with Gasteiger partial charge in [-0.15, -0.1) is 0 Å². The molecule has 2 bridgehead atoms. The zero-order valence-corrected chi connectivity index (χ0v) is 13.5. The Morgan fingerprint density at radius 2 is 1.59 bits per heavy atom. The fourth-order valence-corrected chi connectivity index (χ4v) is 3.16. The number of esters is 1. The summed E-state index contributed by atoms with van der Waals surface area (Å²) in [6, 6.07) is 0. The maximum Gasteiger partial charge on any atom is 0.311 e. The van der Waals surface area contributed by atoms with Crippen molar-refractivity contribution in [2.75, 3.05) is 7.11 Å². The monoisotopic (exact) mass is 315 g/mol. The van der Waals surface area contributed by atoms with Crippen LogP contribution in [-0.4, -0.2) is 18.2 Å². The van der Waals surface area contributed by atoms with Crippen molar-refractivity contribution in [2.24, 2.45) is 10.8 Å². The normalized spacial score (nSPS) is 34.1. The van der Waals surface area contributed by atoms with E-state index in [2.05, 4.69) is 14.0 Å². The number of rotatable bonds is 2. The van der Waals surface area contributed by atoms with E-state index in [0.717, 1.165) is 25.7 Å². The van der Waals surface area contributed by atoms with Crippen LogP contribution < -0.4 is 0 Å². The van der Waals surface area contributed by atoms with Crippen LogP contribution in [-0.2, 0) is 42.2 Å². The first-order valence-corrected chi connectivity index (χ1v) is 5.86. The molecular formula is C13H22O3Y-2. The van der Waals surface area contributed by atoms with Crippen molar-refractivity contribution in [3.63, 3.8) is 0 Å². The molecule has 0 heterocycles. The molecule has 0 spiro atoms. The first kappa shape index (κ1) is 17.5. The maximum absolute atomic E-state index is 11.7. The van der Waals surface area contributed by atoms with Gasteiger partial charge in [0.2, 0.25) is 0 Å². The van der Waals surface area contributed by atoms with E-state index in [-0.39, 0.29) is 44.1 Å². The molecule has 0 aliphatic heterocycles. The van der Waals surface area contributed by atoms with E-state index in [1.165, 1.54) is 26.4 Å². The first-order chi connectivity index (χ1) is 7.66. The molecule has 17 heavy (non-hydrogen) atoms. The summed E-state index contributed by atoms with van der Waals surface area (Å²) in [4.78, 5) is 11.7. The standard InChI is InChI=1S/C12H19O2.CH3O.Y/c1-3-11-4-7-12(8-5-11,9-6-11)10(13)14-2;1-2;/h1,3-9H2,2H3;2H,1H2;/q2*-1;. The Bertz CT molecular complexity index is 229. The molecule has 0 aromatic carbocycles. The molecule has 0 atom stereocenters. The third kappa shape index (κ3) is 3.30. The summed E-state index contributed by atoms with van der Waals surface area (Å²) < 4.78 is 4.92. The first-order valence-electron chi connectivity index (χ1n) is 5.86. The van der Waals surface area contributed by atoms with Gasteiger partial charge in [0.25, 0.3) is 0 Å². The van der Waals surface area contributed by atoms with Crippen LogP contribution in [0.1, 0.15) is 44.9 Å². The van der Waals surface area contributed by atoms with Crippen LogP contribution in [0.2, 0.25) is 0 Å². The topological polar surface area (TPSA) is 46.5 Å². The summed E-state index contributed by atoms with van der Waals surface area (Å²) >= 11 is 0. The Balaban J connectivity index is 0.000000811. The SMILES string of the molecule is [CH2-]CC12CCC(C(=O)OC)(CC1)CC2.[CH2-]O.[Y]. The molecule has 3 aliphatic rings. The number of carbonyl (C=O) groups is 1. The minimum absolute atomic E-state index is 0. The molecule has 0 aromatic heterocycles. The van der Waals surface area contributed by atoms with Crippen LogP contribution in [0.3, 0.4) is 0 Å². The third-order valence-electron chi connectivity index (χ3n) is 4.55. The van der Waals surface area contributed by atoms with E-state index in [1.54, 1.807) is 0 Å². The van der Waals surface area contributed by atoms with Crippen molar-refractivity contribution in [1.82, 2.24) is 0 Å². The van der Waals surface area contributed by atoms with Crippen molar-refractivity contribution < 1.29 is 47.3 Å². The molecule has 4 heteroatoms. The number of hydrogen-bond acceptors (Lipinski definition) is 3. The van der Waals surface area contributed by atoms with Crippen LogP contribution >= 0.6 is 0 Å². The number of ether oxygens (including phenoxy) is 1. The van der Waals surface area contributed by atoms with Gasteiger partial charge in [0.15, 0.2) is 0 Å². The molecule has 0 aromatic rings. The zero-order chi connectivity index (χ0) is 12.2. The van der Waals surface area contributed by atoms with Gasteiger partial charge in [-0.3, -0.25) is 4.79 Å². The van der Waals surface area contributed by atoms with Gasteiger partial charge in [0.05, 0.1) is 12.5 Å². The number of aliphatic hydroxyl groups is 1. The van der Waals surface area contributed by atoms with Crippen molar-refractivity contribution in [1.29, 1.82) is 0 Å². The van der Waals surface area contributed by atoms with Gasteiger partial charge in [-0.25, -0.2) is 7.11 Å². The summed E-state index contributed by atoms with van der Waals surface area (Å²) in [5, 5.41) is 6.75. The predicted octanol–water partition coefficient (Wildman–Crippen LogP) is 2.87. The molecule has 3 rings (SSSR count). The second-order valence-electron chi connectivity index (χ2n) is 5.02. The average molecular weight is 315 g/mol. The molecule has 3 nitrogen and oxygen atoms in total. The van der Waals surface area contributed by atoms with Gasteiger partial charge >= 0.3 is 5.97 Å². The van der Waals surface area contributed by atoms with Crippen LogP contribution in [0.5, 0.6) is 0 Å². The molecule has 0 amide bonds. The average Bonchev–Trinajstić information content (AvgIpc) is 2.42. The molecule has 1 N–H and O–H groups in total. The van der Waals surface area contributed by atoms with E-state index in [4.69, 9.17) is 9.84 Å². The van der Waals surface area contributed by atoms with Crippen molar-refractivity contribution in [2.45, 2.75) is 44.9 Å². The predicted molar refractivity (Wildman–Crippen MR) is 61.9 cm³/mol. The quantitative estimate of drug-likeness (QED) is 0.629. The molecule has 3 fully saturated rings. The van der Waals surface area contributed by atoms with Crippen LogP contribution in [0.4, 0.5) is 0 Å². The van der Waals surface area contributed by atoms with E-state index >= 15 is 0 Å². The van der Waals surface area contributed by atoms with Gasteiger partial charge in [-0.05, 0) is 38.5 Å². The maximum atomic E-state index is 11.7. The summed E-state index contributed by atoms with van der Waals surface area (Å²) in [6.45, 7) is 4.05. The van der Waals surface area contributed by atoms with E-state index in [9.17, 15) is 4.79 Å². The number of carbonyl (C=O) groups excluding carboxylic acids is 1. The van der Waals surface area contributed by atoms with E-state index < -0.39 is 0 Å². The van der Waals surface area contributed by atoms with Crippen molar-refractivity contribution in [3.05, 3.63) is 14.0 Å². The molecule has 3 aliphatic carbocycles. The van der Waals surface area contributed by atoms with Gasteiger partial charge < -0.3 is 16.8 Å². The summed E-state index contributed by atoms with van der Waals surface area (Å²) in [5.41, 5.74) is 0.349. The Labute approximate surface area is 130 Å². The zero-order valence-electron chi connectivity index (χ0n) is 10.7. The summed E-state index contributed by atoms with van der Waals surface area (Å²) in [6.07, 6.45) is 7.62. The van der Waals surface area contributed by atoms with Gasteiger partial charge in [-0.2, -0.15) is 6.42 Å². The fraction of sp³-hybridized carbons (Fsp3) is 0.769. The Morgan fingerprint density at radius 1 is 1.18 bits per heavy atom. The van der Waals surface area contributed by atoms with Gasteiger partial charge in [0, 0.05) is 32.7 Å². The largest absolute Gasteiger partial charge is 0.569 e. The van der Waals surface area contributed by atoms with Crippen LogP contribution in [0.15, 0.2) is 0 Å². The second-order valence-corrected chi connectivity index (χ2v) is 5.02. The number of hydrogen-bond donors (Lipinski definition) is 1.